The molecule has 0 N–H and O–H groups in total. The van der Waals surface area contributed by atoms with Crippen LogP contribution in [0.25, 0.3) is 0 Å². The highest BCUT2D eigenvalue weighted by atomic mass is 35.5. The highest BCUT2D eigenvalue weighted by Crippen LogP contribution is 2.30. The zero-order valence-electron chi connectivity index (χ0n) is 8.94. The summed E-state index contributed by atoms with van der Waals surface area (Å²) in [5.74, 6) is 0.162. The van der Waals surface area contributed by atoms with Gasteiger partial charge in [0.2, 0.25) is 0 Å². The number of hydrogen-bond donors (Lipinski definition) is 0. The van der Waals surface area contributed by atoms with Crippen molar-refractivity contribution in [3.05, 3.63) is 83.4 Å². The van der Waals surface area contributed by atoms with Gasteiger partial charge in [-0.05, 0) is 17.2 Å². The molecule has 2 aromatic carbocycles. The summed E-state index contributed by atoms with van der Waals surface area (Å²) < 4.78 is 0. The van der Waals surface area contributed by atoms with Crippen molar-refractivity contribution < 1.29 is 0 Å². The molecule has 0 bridgehead atoms. The second-order valence-electron chi connectivity index (χ2n) is 3.65. The summed E-state index contributed by atoms with van der Waals surface area (Å²) in [5, 5.41) is 0.788. The standard InChI is InChI=1S/C15H13Cl/c1-2-13(12-8-4-3-5-9-12)14-10-6-7-11-15(14)16/h2-11,13H,1H2/t13-/m0/s1. The maximum atomic E-state index is 6.20. The highest BCUT2D eigenvalue weighted by molar-refractivity contribution is 6.31. The molecule has 80 valence electrons. The predicted molar refractivity (Wildman–Crippen MR) is 69.9 cm³/mol. The monoisotopic (exact) mass is 228 g/mol. The topological polar surface area (TPSA) is 0 Å². The van der Waals surface area contributed by atoms with Crippen molar-refractivity contribution in [2.45, 2.75) is 5.92 Å². The molecule has 2 rings (SSSR count). The summed E-state index contributed by atoms with van der Waals surface area (Å²) in [6, 6.07) is 18.2. The Morgan fingerprint density at radius 1 is 0.938 bits per heavy atom. The predicted octanol–water partition coefficient (Wildman–Crippen LogP) is 4.66. The van der Waals surface area contributed by atoms with Gasteiger partial charge in [0.15, 0.2) is 0 Å². The Kier molecular flexibility index (Phi) is 3.43. The molecule has 0 saturated heterocycles. The highest BCUT2D eigenvalue weighted by Gasteiger charge is 2.12. The Morgan fingerprint density at radius 2 is 1.56 bits per heavy atom. The van der Waals surface area contributed by atoms with E-state index in [2.05, 4.69) is 18.7 Å². The Hall–Kier alpha value is -1.53. The van der Waals surface area contributed by atoms with Gasteiger partial charge in [0, 0.05) is 10.9 Å². The molecule has 0 radical (unpaired) electrons. The van der Waals surface area contributed by atoms with Gasteiger partial charge in [-0.2, -0.15) is 0 Å². The molecule has 0 aliphatic carbocycles. The van der Waals surface area contributed by atoms with Crippen LogP contribution < -0.4 is 0 Å². The third-order valence-corrected chi connectivity index (χ3v) is 2.98. The number of benzene rings is 2. The third kappa shape index (κ3) is 2.17. The van der Waals surface area contributed by atoms with Crippen LogP contribution in [0, 0.1) is 0 Å². The zero-order chi connectivity index (χ0) is 11.4. The zero-order valence-corrected chi connectivity index (χ0v) is 9.69. The molecule has 1 heteroatoms. The quantitative estimate of drug-likeness (QED) is 0.671. The SMILES string of the molecule is C=C[C@@H](c1ccccc1)c1ccccc1Cl. The van der Waals surface area contributed by atoms with Crippen molar-refractivity contribution in [2.75, 3.05) is 0 Å². The molecular weight excluding hydrogens is 216 g/mol. The van der Waals surface area contributed by atoms with E-state index in [0.29, 0.717) is 0 Å². The Balaban J connectivity index is 2.45. The number of rotatable bonds is 3. The van der Waals surface area contributed by atoms with Crippen molar-refractivity contribution in [3.63, 3.8) is 0 Å². The van der Waals surface area contributed by atoms with E-state index < -0.39 is 0 Å². The summed E-state index contributed by atoms with van der Waals surface area (Å²) in [5.41, 5.74) is 2.32. The van der Waals surface area contributed by atoms with E-state index >= 15 is 0 Å². The minimum absolute atomic E-state index is 0.162. The maximum absolute atomic E-state index is 6.20. The molecule has 0 aromatic heterocycles. The molecule has 0 fully saturated rings. The first-order valence-corrected chi connectivity index (χ1v) is 5.62. The number of hydrogen-bond acceptors (Lipinski definition) is 0. The van der Waals surface area contributed by atoms with Gasteiger partial charge < -0.3 is 0 Å². The van der Waals surface area contributed by atoms with Crippen LogP contribution in [0.4, 0.5) is 0 Å². The fraction of sp³-hybridized carbons (Fsp3) is 0.0667. The van der Waals surface area contributed by atoms with E-state index in [1.165, 1.54) is 5.56 Å². The van der Waals surface area contributed by atoms with Crippen LogP contribution >= 0.6 is 11.6 Å². The molecule has 0 saturated carbocycles. The molecule has 0 spiro atoms. The molecule has 0 amide bonds. The third-order valence-electron chi connectivity index (χ3n) is 2.63. The number of allylic oxidation sites excluding steroid dienone is 1. The molecular formula is C15H13Cl. The van der Waals surface area contributed by atoms with Crippen LogP contribution in [0.5, 0.6) is 0 Å². The first kappa shape index (κ1) is 11.0. The van der Waals surface area contributed by atoms with Crippen molar-refractivity contribution >= 4 is 11.6 Å². The van der Waals surface area contributed by atoms with E-state index in [4.69, 9.17) is 11.6 Å². The molecule has 2 aromatic rings. The van der Waals surface area contributed by atoms with Crippen molar-refractivity contribution in [1.82, 2.24) is 0 Å². The molecule has 0 aliphatic rings. The van der Waals surface area contributed by atoms with E-state index in [1.807, 2.05) is 48.5 Å². The maximum Gasteiger partial charge on any atom is 0.0447 e. The fourth-order valence-electron chi connectivity index (χ4n) is 1.83. The van der Waals surface area contributed by atoms with Crippen molar-refractivity contribution in [3.8, 4) is 0 Å². The van der Waals surface area contributed by atoms with Crippen LogP contribution in [-0.4, -0.2) is 0 Å². The van der Waals surface area contributed by atoms with Gasteiger partial charge in [0.05, 0.1) is 0 Å². The summed E-state index contributed by atoms with van der Waals surface area (Å²) in [4.78, 5) is 0. The first-order valence-electron chi connectivity index (χ1n) is 5.25. The van der Waals surface area contributed by atoms with Gasteiger partial charge >= 0.3 is 0 Å². The van der Waals surface area contributed by atoms with Crippen molar-refractivity contribution in [1.29, 1.82) is 0 Å². The largest absolute Gasteiger partial charge is 0.102 e. The van der Waals surface area contributed by atoms with E-state index in [9.17, 15) is 0 Å². The van der Waals surface area contributed by atoms with Crippen LogP contribution in [0.15, 0.2) is 67.3 Å². The van der Waals surface area contributed by atoms with Crippen LogP contribution in [0.1, 0.15) is 17.0 Å². The molecule has 0 nitrogen and oxygen atoms in total. The van der Waals surface area contributed by atoms with Crippen molar-refractivity contribution in [2.24, 2.45) is 0 Å². The van der Waals surface area contributed by atoms with Crippen LogP contribution in [0.3, 0.4) is 0 Å². The van der Waals surface area contributed by atoms with Gasteiger partial charge in [-0.15, -0.1) is 6.58 Å². The minimum atomic E-state index is 0.162. The lowest BCUT2D eigenvalue weighted by Crippen LogP contribution is -1.97. The summed E-state index contributed by atoms with van der Waals surface area (Å²) in [6.45, 7) is 3.90. The molecule has 16 heavy (non-hydrogen) atoms. The lowest BCUT2D eigenvalue weighted by molar-refractivity contribution is 1.03. The van der Waals surface area contributed by atoms with Crippen LogP contribution in [-0.2, 0) is 0 Å². The smallest absolute Gasteiger partial charge is 0.0447 e. The summed E-state index contributed by atoms with van der Waals surface area (Å²) in [7, 11) is 0. The molecule has 0 unspecified atom stereocenters. The van der Waals surface area contributed by atoms with Gasteiger partial charge in [0.25, 0.3) is 0 Å². The second-order valence-corrected chi connectivity index (χ2v) is 4.05. The lowest BCUT2D eigenvalue weighted by atomic mass is 9.91. The fourth-order valence-corrected chi connectivity index (χ4v) is 2.08. The minimum Gasteiger partial charge on any atom is -0.102 e. The Bertz CT molecular complexity index is 474. The molecule has 0 aliphatic heterocycles. The normalized spacial score (nSPS) is 12.1. The molecule has 0 heterocycles. The Morgan fingerprint density at radius 3 is 2.19 bits per heavy atom. The summed E-state index contributed by atoms with van der Waals surface area (Å²) >= 11 is 6.20. The van der Waals surface area contributed by atoms with Gasteiger partial charge in [-0.1, -0.05) is 66.2 Å². The second kappa shape index (κ2) is 5.00. The molecule has 1 atom stereocenters. The van der Waals surface area contributed by atoms with Gasteiger partial charge in [-0.25, -0.2) is 0 Å². The summed E-state index contributed by atoms with van der Waals surface area (Å²) in [6.07, 6.45) is 1.93. The van der Waals surface area contributed by atoms with E-state index in [1.54, 1.807) is 0 Å². The van der Waals surface area contributed by atoms with Gasteiger partial charge in [-0.3, -0.25) is 0 Å². The van der Waals surface area contributed by atoms with E-state index in [0.717, 1.165) is 10.6 Å². The number of halogens is 1. The Labute approximate surface area is 101 Å². The average Bonchev–Trinajstić information content (AvgIpc) is 2.34. The van der Waals surface area contributed by atoms with Gasteiger partial charge in [0.1, 0.15) is 0 Å². The lowest BCUT2D eigenvalue weighted by Gasteiger charge is -2.14. The first-order chi connectivity index (χ1) is 7.83. The van der Waals surface area contributed by atoms with E-state index in [-0.39, 0.29) is 5.92 Å². The average molecular weight is 229 g/mol. The van der Waals surface area contributed by atoms with Crippen LogP contribution in [0.2, 0.25) is 5.02 Å².